The van der Waals surface area contributed by atoms with E-state index in [9.17, 15) is 4.79 Å². The molecule has 0 atom stereocenters. The molecule has 0 aliphatic carbocycles. The minimum Gasteiger partial charge on any atom is -0.454 e. The minimum absolute atomic E-state index is 0.0914. The first-order valence-electron chi connectivity index (χ1n) is 8.10. The average molecular weight is 337 g/mol. The van der Waals surface area contributed by atoms with Crippen molar-refractivity contribution in [2.75, 3.05) is 20.1 Å². The van der Waals surface area contributed by atoms with Crippen LogP contribution in [0.1, 0.15) is 21.5 Å². The van der Waals surface area contributed by atoms with Crippen molar-refractivity contribution in [3.05, 3.63) is 53.1 Å². The van der Waals surface area contributed by atoms with Gasteiger partial charge in [-0.2, -0.15) is 0 Å². The maximum Gasteiger partial charge on any atom is 0.231 e. The van der Waals surface area contributed by atoms with Gasteiger partial charge in [-0.25, -0.2) is 0 Å². The summed E-state index contributed by atoms with van der Waals surface area (Å²) in [5.41, 5.74) is 3.48. The SMILES string of the molecule is O=C(/C=C1\NCCc2cc3c(cc21)OCO3)c1ccc2c(c1)OCO2. The van der Waals surface area contributed by atoms with Crippen LogP contribution in [0.2, 0.25) is 0 Å². The van der Waals surface area contributed by atoms with Gasteiger partial charge in [-0.05, 0) is 42.3 Å². The Morgan fingerprint density at radius 3 is 2.48 bits per heavy atom. The van der Waals surface area contributed by atoms with Crippen LogP contribution in [0, 0.1) is 0 Å². The fraction of sp³-hybridized carbons (Fsp3) is 0.211. The molecule has 6 heteroatoms. The molecule has 2 aromatic carbocycles. The van der Waals surface area contributed by atoms with E-state index in [-0.39, 0.29) is 19.4 Å². The van der Waals surface area contributed by atoms with Gasteiger partial charge in [-0.3, -0.25) is 4.79 Å². The van der Waals surface area contributed by atoms with E-state index < -0.39 is 0 Å². The fourth-order valence-electron chi connectivity index (χ4n) is 3.26. The second-order valence-electron chi connectivity index (χ2n) is 6.03. The molecule has 0 fully saturated rings. The highest BCUT2D eigenvalue weighted by Crippen LogP contribution is 2.38. The van der Waals surface area contributed by atoms with Gasteiger partial charge in [0.15, 0.2) is 28.8 Å². The van der Waals surface area contributed by atoms with Crippen molar-refractivity contribution >= 4 is 11.5 Å². The van der Waals surface area contributed by atoms with Crippen molar-refractivity contribution in [3.63, 3.8) is 0 Å². The lowest BCUT2D eigenvalue weighted by atomic mass is 9.95. The standard InChI is InChI=1S/C19H15NO5/c21-15(12-1-2-16-17(6-12)23-9-22-16)8-14-13-7-19-18(24-10-25-19)5-11(13)3-4-20-14/h1-2,5-8,20H,3-4,9-10H2/b14-8-. The summed E-state index contributed by atoms with van der Waals surface area (Å²) in [6.07, 6.45) is 2.50. The molecule has 1 N–H and O–H groups in total. The number of carbonyl (C=O) groups excluding carboxylic acids is 1. The maximum atomic E-state index is 12.7. The van der Waals surface area contributed by atoms with Crippen LogP contribution in [-0.4, -0.2) is 25.9 Å². The van der Waals surface area contributed by atoms with Crippen LogP contribution >= 0.6 is 0 Å². The first-order valence-corrected chi connectivity index (χ1v) is 8.10. The van der Waals surface area contributed by atoms with E-state index in [1.807, 2.05) is 12.1 Å². The molecule has 0 unspecified atom stereocenters. The molecule has 2 aromatic rings. The van der Waals surface area contributed by atoms with E-state index in [0.29, 0.717) is 22.8 Å². The maximum absolute atomic E-state index is 12.7. The quantitative estimate of drug-likeness (QED) is 0.671. The first kappa shape index (κ1) is 14.2. The summed E-state index contributed by atoms with van der Waals surface area (Å²) in [6.45, 7) is 1.20. The third-order valence-electron chi connectivity index (χ3n) is 4.53. The number of ketones is 1. The molecule has 0 saturated heterocycles. The van der Waals surface area contributed by atoms with Crippen LogP contribution in [0.25, 0.3) is 5.70 Å². The van der Waals surface area contributed by atoms with Gasteiger partial charge >= 0.3 is 0 Å². The summed E-state index contributed by atoms with van der Waals surface area (Å²) < 4.78 is 21.5. The lowest BCUT2D eigenvalue weighted by molar-refractivity contribution is 0.104. The lowest BCUT2D eigenvalue weighted by Crippen LogP contribution is -2.23. The molecule has 0 radical (unpaired) electrons. The zero-order valence-electron chi connectivity index (χ0n) is 13.3. The molecule has 5 rings (SSSR count). The van der Waals surface area contributed by atoms with Gasteiger partial charge in [0.25, 0.3) is 0 Å². The van der Waals surface area contributed by atoms with Crippen LogP contribution in [-0.2, 0) is 6.42 Å². The highest BCUT2D eigenvalue weighted by Gasteiger charge is 2.22. The molecule has 126 valence electrons. The second kappa shape index (κ2) is 5.44. The summed E-state index contributed by atoms with van der Waals surface area (Å²) in [5, 5.41) is 3.31. The highest BCUT2D eigenvalue weighted by atomic mass is 16.7. The Kier molecular flexibility index (Phi) is 3.09. The number of benzene rings is 2. The van der Waals surface area contributed by atoms with Gasteiger partial charge in [0.1, 0.15) is 0 Å². The smallest absolute Gasteiger partial charge is 0.231 e. The van der Waals surface area contributed by atoms with Gasteiger partial charge in [-0.1, -0.05) is 0 Å². The second-order valence-corrected chi connectivity index (χ2v) is 6.03. The molecule has 3 aliphatic rings. The number of carbonyl (C=O) groups is 1. The Morgan fingerprint density at radius 1 is 0.920 bits per heavy atom. The summed E-state index contributed by atoms with van der Waals surface area (Å²) in [4.78, 5) is 12.7. The molecule has 3 aliphatic heterocycles. The van der Waals surface area contributed by atoms with Crippen molar-refractivity contribution < 1.29 is 23.7 Å². The molecular formula is C19H15NO5. The number of allylic oxidation sites excluding steroid dienone is 1. The normalized spacial score (nSPS) is 18.0. The predicted molar refractivity (Wildman–Crippen MR) is 89.1 cm³/mol. The summed E-state index contributed by atoms with van der Waals surface area (Å²) in [5.74, 6) is 2.65. The molecule has 0 aromatic heterocycles. The molecule has 0 bridgehead atoms. The third kappa shape index (κ3) is 2.38. The lowest BCUT2D eigenvalue weighted by Gasteiger charge is -2.21. The van der Waals surface area contributed by atoms with Crippen molar-refractivity contribution in [2.45, 2.75) is 6.42 Å². The molecule has 25 heavy (non-hydrogen) atoms. The third-order valence-corrected chi connectivity index (χ3v) is 4.53. The van der Waals surface area contributed by atoms with Gasteiger partial charge in [-0.15, -0.1) is 0 Å². The Bertz CT molecular complexity index is 918. The van der Waals surface area contributed by atoms with E-state index in [1.54, 1.807) is 24.3 Å². The van der Waals surface area contributed by atoms with E-state index in [1.165, 1.54) is 0 Å². The minimum atomic E-state index is -0.0914. The van der Waals surface area contributed by atoms with Crippen LogP contribution in [0.3, 0.4) is 0 Å². The first-order chi connectivity index (χ1) is 12.3. The number of ether oxygens (including phenoxy) is 4. The number of fused-ring (bicyclic) bond motifs is 3. The van der Waals surface area contributed by atoms with Gasteiger partial charge in [0, 0.05) is 29.4 Å². The fourth-order valence-corrected chi connectivity index (χ4v) is 3.26. The topological polar surface area (TPSA) is 66.0 Å². The predicted octanol–water partition coefficient (Wildman–Crippen LogP) is 2.51. The van der Waals surface area contributed by atoms with Crippen molar-refractivity contribution in [3.8, 4) is 23.0 Å². The molecule has 0 saturated carbocycles. The Balaban J connectivity index is 1.50. The van der Waals surface area contributed by atoms with Gasteiger partial charge < -0.3 is 24.3 Å². The Labute approximate surface area is 144 Å². The Morgan fingerprint density at radius 2 is 1.64 bits per heavy atom. The molecule has 3 heterocycles. The van der Waals surface area contributed by atoms with Crippen molar-refractivity contribution in [1.82, 2.24) is 5.32 Å². The molecule has 0 spiro atoms. The zero-order valence-corrected chi connectivity index (χ0v) is 13.3. The summed E-state index contributed by atoms with van der Waals surface area (Å²) in [7, 11) is 0. The molecular weight excluding hydrogens is 322 g/mol. The number of nitrogens with one attached hydrogen (secondary N) is 1. The van der Waals surface area contributed by atoms with Gasteiger partial charge in [0.05, 0.1) is 0 Å². The van der Waals surface area contributed by atoms with Crippen LogP contribution in [0.4, 0.5) is 0 Å². The van der Waals surface area contributed by atoms with E-state index in [4.69, 9.17) is 18.9 Å². The number of hydrogen-bond donors (Lipinski definition) is 1. The number of rotatable bonds is 2. The van der Waals surface area contributed by atoms with Crippen LogP contribution in [0.5, 0.6) is 23.0 Å². The van der Waals surface area contributed by atoms with E-state index >= 15 is 0 Å². The van der Waals surface area contributed by atoms with E-state index in [2.05, 4.69) is 5.32 Å². The van der Waals surface area contributed by atoms with Crippen LogP contribution in [0.15, 0.2) is 36.4 Å². The van der Waals surface area contributed by atoms with Gasteiger partial charge in [0.2, 0.25) is 13.6 Å². The van der Waals surface area contributed by atoms with Crippen LogP contribution < -0.4 is 24.3 Å². The summed E-state index contributed by atoms with van der Waals surface area (Å²) in [6, 6.07) is 9.15. The monoisotopic (exact) mass is 337 g/mol. The highest BCUT2D eigenvalue weighted by molar-refractivity contribution is 6.09. The number of hydrogen-bond acceptors (Lipinski definition) is 6. The largest absolute Gasteiger partial charge is 0.454 e. The molecule has 0 amide bonds. The summed E-state index contributed by atoms with van der Waals surface area (Å²) >= 11 is 0. The zero-order chi connectivity index (χ0) is 16.8. The Hall–Kier alpha value is -3.15. The average Bonchev–Trinajstić information content (AvgIpc) is 3.28. The van der Waals surface area contributed by atoms with Crippen molar-refractivity contribution in [2.24, 2.45) is 0 Å². The molecule has 6 nitrogen and oxygen atoms in total. The van der Waals surface area contributed by atoms with Crippen molar-refractivity contribution in [1.29, 1.82) is 0 Å². The van der Waals surface area contributed by atoms with E-state index in [0.717, 1.165) is 35.5 Å².